The van der Waals surface area contributed by atoms with Gasteiger partial charge in [0.2, 0.25) is 17.7 Å². The third kappa shape index (κ3) is 4.63. The largest absolute Gasteiger partial charge is 0.447 e. The molecule has 3 aromatic rings. The van der Waals surface area contributed by atoms with E-state index in [1.807, 2.05) is 24.3 Å². The Kier molecular flexibility index (Phi) is 6.23. The number of hydrogen-bond donors (Lipinski definition) is 2. The van der Waals surface area contributed by atoms with Crippen LogP contribution in [0.4, 0.5) is 21.0 Å². The molecule has 1 unspecified atom stereocenters. The molecule has 174 valence electrons. The molecule has 1 fully saturated rings. The molecule has 11 heteroatoms. The number of nitrogens with one attached hydrogen (secondary N) is 1. The van der Waals surface area contributed by atoms with Gasteiger partial charge in [0.25, 0.3) is 0 Å². The molecule has 0 bridgehead atoms. The van der Waals surface area contributed by atoms with E-state index in [2.05, 4.69) is 39.3 Å². The number of amides is 1. The fourth-order valence-corrected chi connectivity index (χ4v) is 3.43. The molecule has 0 radical (unpaired) electrons. The van der Waals surface area contributed by atoms with Crippen LogP contribution < -0.4 is 10.2 Å². The fraction of sp³-hybridized carbons (Fsp3) is 0.409. The molecule has 1 aliphatic rings. The SMILES string of the molecule is CC(C)c1ccc(-c2noc([C@H](C)Nc3ncc(F)c(N4C(=O)OCC4[C@@H](C)O)n3)n2)cc1. The first-order valence-corrected chi connectivity index (χ1v) is 10.6. The number of benzene rings is 1. The molecule has 4 rings (SSSR count). The lowest BCUT2D eigenvalue weighted by molar-refractivity contribution is 0.142. The topological polar surface area (TPSA) is 127 Å². The van der Waals surface area contributed by atoms with Crippen LogP contribution in [-0.2, 0) is 4.74 Å². The Bertz CT molecular complexity index is 1130. The van der Waals surface area contributed by atoms with Crippen molar-refractivity contribution in [1.29, 1.82) is 0 Å². The Morgan fingerprint density at radius 3 is 2.58 bits per heavy atom. The number of hydrogen-bond acceptors (Lipinski definition) is 9. The number of aliphatic hydroxyl groups excluding tert-OH is 1. The Morgan fingerprint density at radius 2 is 1.91 bits per heavy atom. The van der Waals surface area contributed by atoms with Crippen molar-refractivity contribution in [2.24, 2.45) is 0 Å². The van der Waals surface area contributed by atoms with E-state index in [0.717, 1.165) is 16.7 Å². The Morgan fingerprint density at radius 1 is 1.18 bits per heavy atom. The summed E-state index contributed by atoms with van der Waals surface area (Å²) in [6, 6.07) is 6.66. The molecule has 2 N–H and O–H groups in total. The minimum absolute atomic E-state index is 0.0454. The summed E-state index contributed by atoms with van der Waals surface area (Å²) in [5, 5.41) is 16.9. The van der Waals surface area contributed by atoms with Gasteiger partial charge in [0.1, 0.15) is 18.7 Å². The molecule has 0 aliphatic carbocycles. The van der Waals surface area contributed by atoms with Crippen LogP contribution >= 0.6 is 0 Å². The molecular weight excluding hydrogens is 431 g/mol. The highest BCUT2D eigenvalue weighted by Crippen LogP contribution is 2.28. The van der Waals surface area contributed by atoms with Crippen molar-refractivity contribution in [3.05, 3.63) is 47.7 Å². The van der Waals surface area contributed by atoms with Crippen molar-refractivity contribution < 1.29 is 23.6 Å². The van der Waals surface area contributed by atoms with Crippen molar-refractivity contribution in [3.8, 4) is 11.4 Å². The van der Waals surface area contributed by atoms with Crippen LogP contribution in [0.3, 0.4) is 0 Å². The first-order chi connectivity index (χ1) is 15.7. The zero-order valence-electron chi connectivity index (χ0n) is 18.7. The molecule has 1 aliphatic heterocycles. The Balaban J connectivity index is 1.52. The van der Waals surface area contributed by atoms with Gasteiger partial charge in [0, 0.05) is 5.56 Å². The number of halogens is 1. The summed E-state index contributed by atoms with van der Waals surface area (Å²) in [4.78, 5) is 25.6. The highest BCUT2D eigenvalue weighted by atomic mass is 19.1. The van der Waals surface area contributed by atoms with Crippen LogP contribution in [0.2, 0.25) is 0 Å². The predicted molar refractivity (Wildman–Crippen MR) is 117 cm³/mol. The first-order valence-electron chi connectivity index (χ1n) is 10.6. The van der Waals surface area contributed by atoms with E-state index in [-0.39, 0.29) is 24.3 Å². The Hall–Kier alpha value is -3.60. The van der Waals surface area contributed by atoms with Crippen LogP contribution in [0.15, 0.2) is 35.0 Å². The maximum atomic E-state index is 14.4. The molecule has 3 heterocycles. The second-order valence-electron chi connectivity index (χ2n) is 8.22. The van der Waals surface area contributed by atoms with Crippen molar-refractivity contribution in [2.45, 2.75) is 51.8 Å². The second kappa shape index (κ2) is 9.10. The van der Waals surface area contributed by atoms with E-state index < -0.39 is 30.1 Å². The molecule has 2 aromatic heterocycles. The minimum atomic E-state index is -0.937. The van der Waals surface area contributed by atoms with Crippen LogP contribution in [0, 0.1) is 5.82 Å². The molecule has 1 saturated heterocycles. The van der Waals surface area contributed by atoms with E-state index in [0.29, 0.717) is 11.7 Å². The molecular formula is C22H25FN6O4. The standard InChI is InChI=1S/C22H25FN6O4/c1-11(2)14-5-7-15(8-6-14)18-26-20(33-28-18)12(3)25-21-24-9-16(23)19(27-21)29-17(13(4)30)10-32-22(29)31/h5-9,11-13,17,30H,10H2,1-4H3,(H,24,25,27)/t12-,13+,17?/m0/s1. The van der Waals surface area contributed by atoms with Gasteiger partial charge in [-0.1, -0.05) is 43.3 Å². The number of cyclic esters (lactones) is 1. The van der Waals surface area contributed by atoms with Crippen molar-refractivity contribution >= 4 is 17.9 Å². The van der Waals surface area contributed by atoms with Crippen LogP contribution in [0.1, 0.15) is 51.1 Å². The lowest BCUT2D eigenvalue weighted by atomic mass is 10.0. The summed E-state index contributed by atoms with van der Waals surface area (Å²) in [6.07, 6.45) is -0.785. The van der Waals surface area contributed by atoms with E-state index >= 15 is 0 Å². The highest BCUT2D eigenvalue weighted by molar-refractivity contribution is 5.89. The van der Waals surface area contributed by atoms with Crippen LogP contribution in [-0.4, -0.2) is 50.1 Å². The number of nitrogens with zero attached hydrogens (tertiary/aromatic N) is 5. The monoisotopic (exact) mass is 456 g/mol. The number of aromatic nitrogens is 4. The number of aliphatic hydroxyl groups is 1. The van der Waals surface area contributed by atoms with Gasteiger partial charge in [-0.3, -0.25) is 0 Å². The van der Waals surface area contributed by atoms with Gasteiger partial charge in [0.05, 0.1) is 12.3 Å². The lowest BCUT2D eigenvalue weighted by Gasteiger charge is -2.23. The van der Waals surface area contributed by atoms with Crippen LogP contribution in [0.25, 0.3) is 11.4 Å². The van der Waals surface area contributed by atoms with E-state index in [1.165, 1.54) is 12.5 Å². The van der Waals surface area contributed by atoms with Gasteiger partial charge in [-0.2, -0.15) is 9.97 Å². The van der Waals surface area contributed by atoms with Gasteiger partial charge in [-0.15, -0.1) is 0 Å². The van der Waals surface area contributed by atoms with Gasteiger partial charge >= 0.3 is 6.09 Å². The summed E-state index contributed by atoms with van der Waals surface area (Å²) < 4.78 is 24.8. The third-order valence-electron chi connectivity index (χ3n) is 5.41. The third-order valence-corrected chi connectivity index (χ3v) is 5.41. The molecule has 3 atom stereocenters. The molecule has 0 saturated carbocycles. The maximum absolute atomic E-state index is 14.4. The summed E-state index contributed by atoms with van der Waals surface area (Å²) in [7, 11) is 0. The predicted octanol–water partition coefficient (Wildman–Crippen LogP) is 3.67. The second-order valence-corrected chi connectivity index (χ2v) is 8.22. The number of ether oxygens (including phenoxy) is 1. The van der Waals surface area contributed by atoms with Crippen LogP contribution in [0.5, 0.6) is 0 Å². The summed E-state index contributed by atoms with van der Waals surface area (Å²) >= 11 is 0. The van der Waals surface area contributed by atoms with Gasteiger partial charge in [-0.05, 0) is 25.3 Å². The minimum Gasteiger partial charge on any atom is -0.447 e. The average Bonchev–Trinajstić information content (AvgIpc) is 3.42. The smallest absolute Gasteiger partial charge is 0.416 e. The number of anilines is 2. The van der Waals surface area contributed by atoms with E-state index in [4.69, 9.17) is 9.26 Å². The van der Waals surface area contributed by atoms with Crippen molar-refractivity contribution in [3.63, 3.8) is 0 Å². The molecule has 10 nitrogen and oxygen atoms in total. The summed E-state index contributed by atoms with van der Waals surface area (Å²) in [6.45, 7) is 7.42. The number of carbonyl (C=O) groups excluding carboxylic acids is 1. The summed E-state index contributed by atoms with van der Waals surface area (Å²) in [5.41, 5.74) is 2.03. The fourth-order valence-electron chi connectivity index (χ4n) is 3.43. The van der Waals surface area contributed by atoms with Crippen molar-refractivity contribution in [2.75, 3.05) is 16.8 Å². The summed E-state index contributed by atoms with van der Waals surface area (Å²) in [5.74, 6) is 0.0863. The highest BCUT2D eigenvalue weighted by Gasteiger charge is 2.39. The van der Waals surface area contributed by atoms with Gasteiger partial charge < -0.3 is 19.7 Å². The Labute approximate surface area is 189 Å². The molecule has 1 aromatic carbocycles. The molecule has 1 amide bonds. The number of rotatable bonds is 7. The average molecular weight is 456 g/mol. The van der Waals surface area contributed by atoms with E-state index in [1.54, 1.807) is 6.92 Å². The zero-order chi connectivity index (χ0) is 23.7. The molecule has 0 spiro atoms. The molecule has 33 heavy (non-hydrogen) atoms. The number of carbonyl (C=O) groups is 1. The zero-order valence-corrected chi connectivity index (χ0v) is 18.7. The van der Waals surface area contributed by atoms with Crippen molar-refractivity contribution in [1.82, 2.24) is 20.1 Å². The quantitative estimate of drug-likeness (QED) is 0.547. The van der Waals surface area contributed by atoms with E-state index in [9.17, 15) is 14.3 Å². The normalized spacial score (nSPS) is 17.8. The van der Waals surface area contributed by atoms with Gasteiger partial charge in [-0.25, -0.2) is 19.1 Å². The van der Waals surface area contributed by atoms with Gasteiger partial charge in [0.15, 0.2) is 11.6 Å². The first kappa shape index (κ1) is 22.6. The lowest BCUT2D eigenvalue weighted by Crippen LogP contribution is -2.42. The maximum Gasteiger partial charge on any atom is 0.416 e.